The first-order valence-corrected chi connectivity index (χ1v) is 9.26. The number of carbonyl (C=O) groups excluding carboxylic acids is 2. The van der Waals surface area contributed by atoms with Crippen LogP contribution >= 0.6 is 11.3 Å². The van der Waals surface area contributed by atoms with Gasteiger partial charge in [-0.1, -0.05) is 0 Å². The van der Waals surface area contributed by atoms with Crippen molar-refractivity contribution in [2.45, 2.75) is 39.3 Å². The third-order valence-corrected chi connectivity index (χ3v) is 5.49. The molecule has 0 unspecified atom stereocenters. The van der Waals surface area contributed by atoms with Crippen molar-refractivity contribution < 1.29 is 19.1 Å². The number of aromatic nitrogens is 2. The number of nitrogens with zero attached hydrogens (tertiary/aromatic N) is 2. The van der Waals surface area contributed by atoms with E-state index < -0.39 is 5.97 Å². The average Bonchev–Trinajstić information content (AvgIpc) is 3.23. The van der Waals surface area contributed by atoms with E-state index in [4.69, 9.17) is 9.47 Å². The molecule has 0 bridgehead atoms. The number of hydrogen-bond donors (Lipinski definition) is 1. The summed E-state index contributed by atoms with van der Waals surface area (Å²) in [5.74, 6) is -1.05. The molecule has 3 rings (SSSR count). The zero-order valence-corrected chi connectivity index (χ0v) is 15.6. The molecular formula is C17H21N3O5S. The first kappa shape index (κ1) is 18.5. The van der Waals surface area contributed by atoms with E-state index >= 15 is 0 Å². The van der Waals surface area contributed by atoms with E-state index in [1.165, 1.54) is 22.2 Å². The van der Waals surface area contributed by atoms with E-state index in [1.807, 2.05) is 13.8 Å². The van der Waals surface area contributed by atoms with E-state index in [-0.39, 0.29) is 30.7 Å². The number of fused-ring (bicyclic) bond motifs is 1. The monoisotopic (exact) mass is 379 g/mol. The van der Waals surface area contributed by atoms with Crippen LogP contribution in [0.4, 0.5) is 0 Å². The summed E-state index contributed by atoms with van der Waals surface area (Å²) in [5, 5.41) is 3.19. The minimum Gasteiger partial charge on any atom is -0.454 e. The molecule has 0 radical (unpaired) electrons. The quantitative estimate of drug-likeness (QED) is 0.749. The molecule has 8 nitrogen and oxygen atoms in total. The Morgan fingerprint density at radius 3 is 3.00 bits per heavy atom. The predicted octanol–water partition coefficient (Wildman–Crippen LogP) is 0.913. The Morgan fingerprint density at radius 1 is 1.46 bits per heavy atom. The molecule has 1 fully saturated rings. The molecule has 1 saturated heterocycles. The maximum Gasteiger partial charge on any atom is 0.326 e. The molecule has 0 aromatic carbocycles. The van der Waals surface area contributed by atoms with Gasteiger partial charge in [-0.2, -0.15) is 0 Å². The Hall–Kier alpha value is -2.26. The molecule has 1 aliphatic rings. The highest BCUT2D eigenvalue weighted by molar-refractivity contribution is 7.18. The number of hydrogen-bond acceptors (Lipinski definition) is 7. The number of rotatable bonds is 6. The third kappa shape index (κ3) is 4.10. The number of ether oxygens (including phenoxy) is 2. The van der Waals surface area contributed by atoms with Crippen LogP contribution in [0.25, 0.3) is 10.2 Å². The van der Waals surface area contributed by atoms with Gasteiger partial charge in [-0.25, -0.2) is 4.98 Å². The van der Waals surface area contributed by atoms with Gasteiger partial charge in [0.2, 0.25) is 0 Å². The Kier molecular flexibility index (Phi) is 5.67. The van der Waals surface area contributed by atoms with Crippen LogP contribution in [-0.4, -0.2) is 47.3 Å². The van der Waals surface area contributed by atoms with Crippen LogP contribution in [0.15, 0.2) is 11.1 Å². The van der Waals surface area contributed by atoms with Gasteiger partial charge in [0.25, 0.3) is 11.5 Å². The van der Waals surface area contributed by atoms with Crippen molar-refractivity contribution in [2.24, 2.45) is 0 Å². The standard InChI is InChI=1S/C17H21N3O5S/c1-10-11(2)26-16-15(10)17(23)20(9-19-16)7-14(22)25-8-13(21)18-6-12-4-3-5-24-12/h9,12H,3-8H2,1-2H3,(H,18,21)/t12-/m1/s1. The van der Waals surface area contributed by atoms with Gasteiger partial charge in [-0.15, -0.1) is 11.3 Å². The van der Waals surface area contributed by atoms with Crippen molar-refractivity contribution in [3.63, 3.8) is 0 Å². The first-order valence-electron chi connectivity index (χ1n) is 8.44. The molecule has 1 N–H and O–H groups in total. The smallest absolute Gasteiger partial charge is 0.326 e. The second kappa shape index (κ2) is 7.96. The number of carbonyl (C=O) groups is 2. The van der Waals surface area contributed by atoms with Crippen molar-refractivity contribution in [3.8, 4) is 0 Å². The van der Waals surface area contributed by atoms with Gasteiger partial charge in [-0.3, -0.25) is 19.0 Å². The van der Waals surface area contributed by atoms with Crippen LogP contribution in [0.5, 0.6) is 0 Å². The van der Waals surface area contributed by atoms with E-state index in [0.29, 0.717) is 23.4 Å². The van der Waals surface area contributed by atoms with E-state index in [9.17, 15) is 14.4 Å². The zero-order chi connectivity index (χ0) is 18.7. The zero-order valence-electron chi connectivity index (χ0n) is 14.7. The van der Waals surface area contributed by atoms with Crippen molar-refractivity contribution >= 4 is 33.4 Å². The average molecular weight is 379 g/mol. The topological polar surface area (TPSA) is 99.5 Å². The Morgan fingerprint density at radius 2 is 2.27 bits per heavy atom. The fourth-order valence-corrected chi connectivity index (χ4v) is 3.78. The Labute approximate surface area is 154 Å². The number of nitrogens with one attached hydrogen (secondary N) is 1. The highest BCUT2D eigenvalue weighted by atomic mass is 32.1. The van der Waals surface area contributed by atoms with Crippen LogP contribution in [-0.2, 0) is 25.6 Å². The molecule has 2 aromatic rings. The summed E-state index contributed by atoms with van der Waals surface area (Å²) in [6.07, 6.45) is 3.27. The molecule has 1 aliphatic heterocycles. The van der Waals surface area contributed by atoms with Crippen LogP contribution < -0.4 is 10.9 Å². The normalized spacial score (nSPS) is 16.8. The maximum absolute atomic E-state index is 12.5. The first-order chi connectivity index (χ1) is 12.5. The van der Waals surface area contributed by atoms with Crippen molar-refractivity contribution in [1.29, 1.82) is 0 Å². The number of thiophene rings is 1. The molecule has 0 saturated carbocycles. The van der Waals surface area contributed by atoms with Gasteiger partial charge in [0.15, 0.2) is 6.61 Å². The van der Waals surface area contributed by atoms with Gasteiger partial charge in [0, 0.05) is 18.0 Å². The molecule has 0 aliphatic carbocycles. The maximum atomic E-state index is 12.5. The predicted molar refractivity (Wildman–Crippen MR) is 96.3 cm³/mol. The Balaban J connectivity index is 1.54. The lowest BCUT2D eigenvalue weighted by atomic mass is 10.2. The molecule has 140 valence electrons. The van der Waals surface area contributed by atoms with Gasteiger partial charge in [-0.05, 0) is 32.3 Å². The van der Waals surface area contributed by atoms with E-state index in [2.05, 4.69) is 10.3 Å². The molecule has 3 heterocycles. The fraction of sp³-hybridized carbons (Fsp3) is 0.529. The lowest BCUT2D eigenvalue weighted by Crippen LogP contribution is -2.35. The van der Waals surface area contributed by atoms with Gasteiger partial charge >= 0.3 is 5.97 Å². The SMILES string of the molecule is Cc1sc2ncn(CC(=O)OCC(=O)NC[C@H]3CCCO3)c(=O)c2c1C. The minimum absolute atomic E-state index is 0.0309. The second-order valence-corrected chi connectivity index (χ2v) is 7.44. The second-order valence-electron chi connectivity index (χ2n) is 6.24. The summed E-state index contributed by atoms with van der Waals surface area (Å²) in [6, 6.07) is 0. The summed E-state index contributed by atoms with van der Waals surface area (Å²) in [7, 11) is 0. The van der Waals surface area contributed by atoms with Gasteiger partial charge in [0.1, 0.15) is 11.4 Å². The number of esters is 1. The molecule has 1 amide bonds. The summed E-state index contributed by atoms with van der Waals surface area (Å²) in [4.78, 5) is 42.1. The van der Waals surface area contributed by atoms with Crippen LogP contribution in [0.2, 0.25) is 0 Å². The molecule has 1 atom stereocenters. The number of aryl methyl sites for hydroxylation is 2. The highest BCUT2D eigenvalue weighted by Crippen LogP contribution is 2.25. The van der Waals surface area contributed by atoms with E-state index in [1.54, 1.807) is 0 Å². The summed E-state index contributed by atoms with van der Waals surface area (Å²) < 4.78 is 11.6. The van der Waals surface area contributed by atoms with E-state index in [0.717, 1.165) is 23.3 Å². The third-order valence-electron chi connectivity index (χ3n) is 4.37. The lowest BCUT2D eigenvalue weighted by molar-refractivity contribution is -0.149. The van der Waals surface area contributed by atoms with Gasteiger partial charge < -0.3 is 14.8 Å². The fourth-order valence-electron chi connectivity index (χ4n) is 2.80. The van der Waals surface area contributed by atoms with Crippen LogP contribution in [0.3, 0.4) is 0 Å². The molecule has 2 aromatic heterocycles. The van der Waals surface area contributed by atoms with Crippen LogP contribution in [0.1, 0.15) is 23.3 Å². The summed E-state index contributed by atoms with van der Waals surface area (Å²) in [6.45, 7) is 4.24. The highest BCUT2D eigenvalue weighted by Gasteiger charge is 2.17. The Bertz CT molecular complexity index is 882. The molecular weight excluding hydrogens is 358 g/mol. The molecule has 0 spiro atoms. The lowest BCUT2D eigenvalue weighted by Gasteiger charge is -2.11. The van der Waals surface area contributed by atoms with Crippen LogP contribution in [0, 0.1) is 13.8 Å². The summed E-state index contributed by atoms with van der Waals surface area (Å²) >= 11 is 1.45. The number of amides is 1. The summed E-state index contributed by atoms with van der Waals surface area (Å²) in [5.41, 5.74) is 0.593. The van der Waals surface area contributed by atoms with Crippen molar-refractivity contribution in [3.05, 3.63) is 27.1 Å². The van der Waals surface area contributed by atoms with Gasteiger partial charge in [0.05, 0.1) is 17.8 Å². The molecule has 9 heteroatoms. The van der Waals surface area contributed by atoms with Crippen molar-refractivity contribution in [2.75, 3.05) is 19.8 Å². The minimum atomic E-state index is -0.662. The molecule has 26 heavy (non-hydrogen) atoms. The van der Waals surface area contributed by atoms with Crippen molar-refractivity contribution in [1.82, 2.24) is 14.9 Å². The largest absolute Gasteiger partial charge is 0.454 e.